The molecule has 21 heavy (non-hydrogen) atoms. The molecular weight excluding hydrogens is 272 g/mol. The lowest BCUT2D eigenvalue weighted by atomic mass is 9.68. The summed E-state index contributed by atoms with van der Waals surface area (Å²) >= 11 is 0. The van der Waals surface area contributed by atoms with Crippen LogP contribution in [0.25, 0.3) is 0 Å². The molecule has 0 heterocycles. The van der Waals surface area contributed by atoms with Gasteiger partial charge >= 0.3 is 11.9 Å². The Morgan fingerprint density at radius 3 is 2.62 bits per heavy atom. The monoisotopic (exact) mass is 292 g/mol. The maximum absolute atomic E-state index is 11.6. The molecule has 0 bridgehead atoms. The SMILES string of the molecule is NC(CCC1c2ccccc2CCC1(N)C(=O)O)C(=O)O. The summed E-state index contributed by atoms with van der Waals surface area (Å²) in [4.78, 5) is 22.4. The van der Waals surface area contributed by atoms with E-state index in [0.717, 1.165) is 11.1 Å². The summed E-state index contributed by atoms with van der Waals surface area (Å²) in [6, 6.07) is 6.58. The zero-order chi connectivity index (χ0) is 15.6. The predicted molar refractivity (Wildman–Crippen MR) is 76.9 cm³/mol. The quantitative estimate of drug-likeness (QED) is 0.632. The van der Waals surface area contributed by atoms with Crippen molar-refractivity contribution in [2.45, 2.75) is 43.2 Å². The first kappa shape index (κ1) is 15.5. The van der Waals surface area contributed by atoms with Crippen LogP contribution in [0.15, 0.2) is 24.3 Å². The van der Waals surface area contributed by atoms with Gasteiger partial charge in [0.2, 0.25) is 0 Å². The van der Waals surface area contributed by atoms with Gasteiger partial charge in [-0.3, -0.25) is 9.59 Å². The van der Waals surface area contributed by atoms with Gasteiger partial charge in [-0.2, -0.15) is 0 Å². The van der Waals surface area contributed by atoms with Crippen LogP contribution in [0.5, 0.6) is 0 Å². The summed E-state index contributed by atoms with van der Waals surface area (Å²) in [5, 5.41) is 18.4. The van der Waals surface area contributed by atoms with E-state index in [0.29, 0.717) is 19.3 Å². The fraction of sp³-hybridized carbons (Fsp3) is 0.467. The lowest BCUT2D eigenvalue weighted by Crippen LogP contribution is -2.55. The minimum absolute atomic E-state index is 0.195. The molecule has 1 aliphatic rings. The highest BCUT2D eigenvalue weighted by Gasteiger charge is 2.46. The minimum Gasteiger partial charge on any atom is -0.480 e. The van der Waals surface area contributed by atoms with Gasteiger partial charge in [0.1, 0.15) is 11.6 Å². The first-order valence-corrected chi connectivity index (χ1v) is 6.94. The Morgan fingerprint density at radius 2 is 2.00 bits per heavy atom. The number of carboxylic acid groups (broad SMARTS) is 2. The van der Waals surface area contributed by atoms with Crippen molar-refractivity contribution in [1.82, 2.24) is 0 Å². The molecule has 114 valence electrons. The third-order valence-electron chi connectivity index (χ3n) is 4.34. The van der Waals surface area contributed by atoms with E-state index in [4.69, 9.17) is 16.6 Å². The van der Waals surface area contributed by atoms with Crippen LogP contribution in [0, 0.1) is 0 Å². The zero-order valence-corrected chi connectivity index (χ0v) is 11.7. The minimum atomic E-state index is -1.37. The van der Waals surface area contributed by atoms with E-state index in [-0.39, 0.29) is 6.42 Å². The van der Waals surface area contributed by atoms with Gasteiger partial charge in [-0.05, 0) is 36.8 Å². The summed E-state index contributed by atoms with van der Waals surface area (Å²) in [7, 11) is 0. The van der Waals surface area contributed by atoms with E-state index in [1.807, 2.05) is 24.3 Å². The molecule has 0 fully saturated rings. The molecule has 1 aromatic carbocycles. The van der Waals surface area contributed by atoms with E-state index in [1.54, 1.807) is 0 Å². The highest BCUT2D eigenvalue weighted by molar-refractivity contribution is 5.81. The number of aryl methyl sites for hydroxylation is 1. The maximum Gasteiger partial charge on any atom is 0.324 e. The van der Waals surface area contributed by atoms with E-state index < -0.39 is 29.4 Å². The Balaban J connectivity index is 2.31. The maximum atomic E-state index is 11.6. The number of fused-ring (bicyclic) bond motifs is 1. The summed E-state index contributed by atoms with van der Waals surface area (Å²) in [6.45, 7) is 0. The van der Waals surface area contributed by atoms with Crippen molar-refractivity contribution in [3.05, 3.63) is 35.4 Å². The van der Waals surface area contributed by atoms with Crippen LogP contribution in [0.1, 0.15) is 36.3 Å². The fourth-order valence-corrected chi connectivity index (χ4v) is 3.03. The normalized spacial score (nSPS) is 25.9. The predicted octanol–water partition coefficient (Wildman–Crippen LogP) is 0.691. The number of aliphatic carboxylic acids is 2. The van der Waals surface area contributed by atoms with Crippen molar-refractivity contribution in [3.8, 4) is 0 Å². The second-order valence-electron chi connectivity index (χ2n) is 5.62. The van der Waals surface area contributed by atoms with E-state index in [1.165, 1.54) is 0 Å². The summed E-state index contributed by atoms with van der Waals surface area (Å²) in [5.41, 5.74) is 12.3. The summed E-state index contributed by atoms with van der Waals surface area (Å²) in [6.07, 6.45) is 1.49. The van der Waals surface area contributed by atoms with Crippen LogP contribution in [0.4, 0.5) is 0 Å². The Kier molecular flexibility index (Phi) is 4.29. The van der Waals surface area contributed by atoms with Crippen LogP contribution < -0.4 is 11.5 Å². The van der Waals surface area contributed by atoms with Crippen LogP contribution in [0.3, 0.4) is 0 Å². The molecule has 1 aliphatic carbocycles. The number of carbonyl (C=O) groups is 2. The number of nitrogens with two attached hydrogens (primary N) is 2. The number of rotatable bonds is 5. The molecule has 0 radical (unpaired) electrons. The largest absolute Gasteiger partial charge is 0.480 e. The van der Waals surface area contributed by atoms with Gasteiger partial charge in [0.05, 0.1) is 0 Å². The van der Waals surface area contributed by atoms with Crippen LogP contribution in [0.2, 0.25) is 0 Å². The van der Waals surface area contributed by atoms with Gasteiger partial charge < -0.3 is 21.7 Å². The molecular formula is C15H20N2O4. The molecule has 0 saturated heterocycles. The van der Waals surface area contributed by atoms with E-state index in [9.17, 15) is 14.7 Å². The van der Waals surface area contributed by atoms with Gasteiger partial charge in [-0.15, -0.1) is 0 Å². The lowest BCUT2D eigenvalue weighted by molar-refractivity contribution is -0.145. The molecule has 6 heteroatoms. The van der Waals surface area contributed by atoms with Crippen molar-refractivity contribution in [2.24, 2.45) is 11.5 Å². The van der Waals surface area contributed by atoms with Gasteiger partial charge in [0, 0.05) is 5.92 Å². The van der Waals surface area contributed by atoms with Gasteiger partial charge in [-0.25, -0.2) is 0 Å². The molecule has 0 amide bonds. The average Bonchev–Trinajstić information content (AvgIpc) is 2.45. The van der Waals surface area contributed by atoms with E-state index in [2.05, 4.69) is 0 Å². The number of hydrogen-bond donors (Lipinski definition) is 4. The van der Waals surface area contributed by atoms with Gasteiger partial charge in [-0.1, -0.05) is 24.3 Å². The Morgan fingerprint density at radius 1 is 1.33 bits per heavy atom. The zero-order valence-electron chi connectivity index (χ0n) is 11.7. The molecule has 0 spiro atoms. The Hall–Kier alpha value is -1.92. The molecule has 0 aromatic heterocycles. The smallest absolute Gasteiger partial charge is 0.324 e. The Labute approximate surface area is 122 Å². The fourth-order valence-electron chi connectivity index (χ4n) is 3.03. The van der Waals surface area contributed by atoms with Crippen molar-refractivity contribution < 1.29 is 19.8 Å². The van der Waals surface area contributed by atoms with Crippen LogP contribution in [-0.4, -0.2) is 33.7 Å². The topological polar surface area (TPSA) is 127 Å². The molecule has 6 N–H and O–H groups in total. The summed E-state index contributed by atoms with van der Waals surface area (Å²) in [5.74, 6) is -2.56. The number of carboxylic acids is 2. The highest BCUT2D eigenvalue weighted by Crippen LogP contribution is 2.41. The average molecular weight is 292 g/mol. The highest BCUT2D eigenvalue weighted by atomic mass is 16.4. The van der Waals surface area contributed by atoms with Crippen molar-refractivity contribution in [2.75, 3.05) is 0 Å². The van der Waals surface area contributed by atoms with Crippen molar-refractivity contribution in [1.29, 1.82) is 0 Å². The molecule has 1 aromatic rings. The molecule has 3 unspecified atom stereocenters. The lowest BCUT2D eigenvalue weighted by Gasteiger charge is -2.39. The van der Waals surface area contributed by atoms with Gasteiger partial charge in [0.25, 0.3) is 0 Å². The second-order valence-corrected chi connectivity index (χ2v) is 5.62. The molecule has 2 rings (SSSR count). The van der Waals surface area contributed by atoms with Gasteiger partial charge in [0.15, 0.2) is 0 Å². The molecule has 6 nitrogen and oxygen atoms in total. The second kappa shape index (κ2) is 5.83. The van der Waals surface area contributed by atoms with Crippen LogP contribution in [-0.2, 0) is 16.0 Å². The van der Waals surface area contributed by atoms with Crippen molar-refractivity contribution >= 4 is 11.9 Å². The first-order chi connectivity index (χ1) is 9.86. The number of benzene rings is 1. The molecule has 0 aliphatic heterocycles. The van der Waals surface area contributed by atoms with E-state index >= 15 is 0 Å². The first-order valence-electron chi connectivity index (χ1n) is 6.94. The standard InChI is InChI=1S/C15H20N2O4/c16-12(13(18)19)6-5-11-10-4-2-1-3-9(10)7-8-15(11,17)14(20)21/h1-4,11-12H,5-8,16-17H2,(H,18,19)(H,20,21). The third-order valence-corrected chi connectivity index (χ3v) is 4.34. The third kappa shape index (κ3) is 2.91. The number of hydrogen-bond acceptors (Lipinski definition) is 4. The Bertz CT molecular complexity index is 560. The summed E-state index contributed by atoms with van der Waals surface area (Å²) < 4.78 is 0. The van der Waals surface area contributed by atoms with Crippen molar-refractivity contribution in [3.63, 3.8) is 0 Å². The molecule has 0 saturated carbocycles. The molecule has 3 atom stereocenters. The van der Waals surface area contributed by atoms with Crippen LogP contribution >= 0.6 is 0 Å².